The van der Waals surface area contributed by atoms with Gasteiger partial charge >= 0.3 is 0 Å². The molecule has 0 bridgehead atoms. The molecule has 0 radical (unpaired) electrons. The number of aromatic amines is 1. The van der Waals surface area contributed by atoms with Gasteiger partial charge in [-0.3, -0.25) is 4.79 Å². The maximum Gasteiger partial charge on any atom is 0.251 e. The highest BCUT2D eigenvalue weighted by molar-refractivity contribution is 5.94. The van der Waals surface area contributed by atoms with Gasteiger partial charge in [0.2, 0.25) is 5.82 Å². The summed E-state index contributed by atoms with van der Waals surface area (Å²) in [5, 5.41) is 16.2. The summed E-state index contributed by atoms with van der Waals surface area (Å²) in [7, 11) is 0. The van der Waals surface area contributed by atoms with E-state index >= 15 is 0 Å². The average Bonchev–Trinajstić information content (AvgIpc) is 2.90. The fraction of sp³-hybridized carbons (Fsp3) is 0.0909. The fourth-order valence-electron chi connectivity index (χ4n) is 1.32. The molecular weight excluding hydrogens is 218 g/mol. The number of rotatable bonds is 4. The van der Waals surface area contributed by atoms with E-state index in [2.05, 4.69) is 32.5 Å². The van der Waals surface area contributed by atoms with Crippen molar-refractivity contribution in [3.05, 3.63) is 42.5 Å². The molecule has 0 saturated heterocycles. The van der Waals surface area contributed by atoms with Gasteiger partial charge in [-0.05, 0) is 17.3 Å². The van der Waals surface area contributed by atoms with E-state index < -0.39 is 0 Å². The van der Waals surface area contributed by atoms with Gasteiger partial charge in [0.1, 0.15) is 0 Å². The van der Waals surface area contributed by atoms with Gasteiger partial charge in [-0.25, -0.2) is 0 Å². The molecule has 86 valence electrons. The zero-order valence-corrected chi connectivity index (χ0v) is 9.05. The largest absolute Gasteiger partial charge is 0.349 e. The van der Waals surface area contributed by atoms with E-state index in [0.717, 1.165) is 5.56 Å². The zero-order chi connectivity index (χ0) is 12.1. The molecule has 0 unspecified atom stereocenters. The van der Waals surface area contributed by atoms with Crippen LogP contribution in [0, 0.1) is 0 Å². The van der Waals surface area contributed by atoms with Crippen LogP contribution in [0.1, 0.15) is 10.4 Å². The van der Waals surface area contributed by atoms with E-state index in [1.165, 1.54) is 0 Å². The number of hydrogen-bond acceptors (Lipinski definition) is 4. The van der Waals surface area contributed by atoms with E-state index in [4.69, 9.17) is 0 Å². The molecule has 0 spiro atoms. The Balaban J connectivity index is 2.13. The van der Waals surface area contributed by atoms with E-state index in [0.29, 0.717) is 17.9 Å². The minimum atomic E-state index is -0.135. The molecule has 1 heterocycles. The quantitative estimate of drug-likeness (QED) is 0.759. The first-order chi connectivity index (χ1) is 8.31. The average molecular weight is 229 g/mol. The Morgan fingerprint density at radius 2 is 2.18 bits per heavy atom. The second-order valence-electron chi connectivity index (χ2n) is 3.31. The highest BCUT2D eigenvalue weighted by atomic mass is 16.1. The van der Waals surface area contributed by atoms with Crippen molar-refractivity contribution in [3.8, 4) is 11.4 Å². The first-order valence-corrected chi connectivity index (χ1v) is 5.04. The standard InChI is InChI=1S/C11H11N5O/c1-2-7-12-11(17)9-5-3-8(4-6-9)10-13-15-16-14-10/h2-6H,1,7H2,(H,12,17)(H,13,14,15,16). The summed E-state index contributed by atoms with van der Waals surface area (Å²) < 4.78 is 0. The lowest BCUT2D eigenvalue weighted by atomic mass is 10.1. The van der Waals surface area contributed by atoms with Gasteiger partial charge in [0.25, 0.3) is 5.91 Å². The molecule has 1 aromatic heterocycles. The van der Waals surface area contributed by atoms with Crippen molar-refractivity contribution >= 4 is 5.91 Å². The Morgan fingerprint density at radius 1 is 1.41 bits per heavy atom. The van der Waals surface area contributed by atoms with Crippen molar-refractivity contribution in [1.82, 2.24) is 25.9 Å². The number of nitrogens with one attached hydrogen (secondary N) is 2. The first-order valence-electron chi connectivity index (χ1n) is 5.04. The molecular formula is C11H11N5O. The summed E-state index contributed by atoms with van der Waals surface area (Å²) in [6.45, 7) is 3.98. The Morgan fingerprint density at radius 3 is 2.76 bits per heavy atom. The number of benzene rings is 1. The third kappa shape index (κ3) is 2.54. The summed E-state index contributed by atoms with van der Waals surface area (Å²) in [5.41, 5.74) is 1.39. The van der Waals surface area contributed by atoms with Gasteiger partial charge in [0.05, 0.1) is 0 Å². The lowest BCUT2D eigenvalue weighted by molar-refractivity contribution is 0.0958. The third-order valence-corrected chi connectivity index (χ3v) is 2.16. The number of carbonyl (C=O) groups is 1. The van der Waals surface area contributed by atoms with Crippen molar-refractivity contribution in [3.63, 3.8) is 0 Å². The molecule has 1 amide bonds. The van der Waals surface area contributed by atoms with Crippen LogP contribution in [0.5, 0.6) is 0 Å². The van der Waals surface area contributed by atoms with E-state index in [1.807, 2.05) is 0 Å². The topological polar surface area (TPSA) is 83.6 Å². The maximum atomic E-state index is 11.6. The molecule has 2 aromatic rings. The van der Waals surface area contributed by atoms with Crippen LogP contribution in [-0.2, 0) is 0 Å². The van der Waals surface area contributed by atoms with E-state index in [9.17, 15) is 4.79 Å². The van der Waals surface area contributed by atoms with Crippen molar-refractivity contribution in [1.29, 1.82) is 0 Å². The molecule has 2 N–H and O–H groups in total. The second-order valence-corrected chi connectivity index (χ2v) is 3.31. The second kappa shape index (κ2) is 5.02. The summed E-state index contributed by atoms with van der Waals surface area (Å²) in [4.78, 5) is 11.6. The zero-order valence-electron chi connectivity index (χ0n) is 9.05. The summed E-state index contributed by atoms with van der Waals surface area (Å²) in [6, 6.07) is 6.97. The monoisotopic (exact) mass is 229 g/mol. The lowest BCUT2D eigenvalue weighted by Crippen LogP contribution is -2.22. The number of amides is 1. The lowest BCUT2D eigenvalue weighted by Gasteiger charge is -2.02. The molecule has 6 nitrogen and oxygen atoms in total. The van der Waals surface area contributed by atoms with Gasteiger partial charge in [0.15, 0.2) is 0 Å². The molecule has 0 aliphatic heterocycles. The van der Waals surface area contributed by atoms with Gasteiger partial charge < -0.3 is 5.32 Å². The normalized spacial score (nSPS) is 9.88. The number of H-pyrrole nitrogens is 1. The molecule has 0 fully saturated rings. The van der Waals surface area contributed by atoms with Crippen molar-refractivity contribution in [2.24, 2.45) is 0 Å². The number of nitrogens with zero attached hydrogens (tertiary/aromatic N) is 3. The molecule has 0 atom stereocenters. The van der Waals surface area contributed by atoms with Crippen LogP contribution in [0.3, 0.4) is 0 Å². The van der Waals surface area contributed by atoms with Crippen LogP contribution < -0.4 is 5.32 Å². The van der Waals surface area contributed by atoms with E-state index in [-0.39, 0.29) is 5.91 Å². The summed E-state index contributed by atoms with van der Waals surface area (Å²) >= 11 is 0. The third-order valence-electron chi connectivity index (χ3n) is 2.16. The Bertz CT molecular complexity index is 503. The Kier molecular flexibility index (Phi) is 3.25. The highest BCUT2D eigenvalue weighted by Crippen LogP contribution is 2.13. The van der Waals surface area contributed by atoms with E-state index in [1.54, 1.807) is 30.3 Å². The molecule has 1 aromatic carbocycles. The number of tetrazole rings is 1. The minimum Gasteiger partial charge on any atom is -0.349 e. The molecule has 0 aliphatic carbocycles. The molecule has 2 rings (SSSR count). The summed E-state index contributed by atoms with van der Waals surface area (Å²) in [5.74, 6) is 0.368. The Hall–Kier alpha value is -2.50. The smallest absolute Gasteiger partial charge is 0.251 e. The maximum absolute atomic E-state index is 11.6. The fourth-order valence-corrected chi connectivity index (χ4v) is 1.32. The number of carbonyl (C=O) groups excluding carboxylic acids is 1. The van der Waals surface area contributed by atoms with Gasteiger partial charge in [0, 0.05) is 17.7 Å². The van der Waals surface area contributed by atoms with Crippen LogP contribution >= 0.6 is 0 Å². The first kappa shape index (κ1) is 11.0. The van der Waals surface area contributed by atoms with Gasteiger partial charge in [-0.1, -0.05) is 18.2 Å². The molecule has 17 heavy (non-hydrogen) atoms. The molecule has 0 saturated carbocycles. The van der Waals surface area contributed by atoms with Gasteiger partial charge in [-0.15, -0.1) is 16.8 Å². The summed E-state index contributed by atoms with van der Waals surface area (Å²) in [6.07, 6.45) is 1.63. The van der Waals surface area contributed by atoms with Crippen molar-refractivity contribution in [2.45, 2.75) is 0 Å². The Labute approximate surface area is 97.7 Å². The van der Waals surface area contributed by atoms with Crippen LogP contribution in [-0.4, -0.2) is 33.1 Å². The van der Waals surface area contributed by atoms with Crippen LogP contribution in [0.15, 0.2) is 36.9 Å². The number of aromatic nitrogens is 4. The molecule has 0 aliphatic rings. The van der Waals surface area contributed by atoms with Crippen LogP contribution in [0.4, 0.5) is 0 Å². The van der Waals surface area contributed by atoms with Crippen molar-refractivity contribution in [2.75, 3.05) is 6.54 Å². The van der Waals surface area contributed by atoms with Crippen LogP contribution in [0.25, 0.3) is 11.4 Å². The predicted octanol–water partition coefficient (Wildman–Crippen LogP) is 0.782. The number of hydrogen-bond donors (Lipinski definition) is 2. The molecule has 6 heteroatoms. The predicted molar refractivity (Wildman–Crippen MR) is 62.1 cm³/mol. The van der Waals surface area contributed by atoms with Crippen molar-refractivity contribution < 1.29 is 4.79 Å². The van der Waals surface area contributed by atoms with Gasteiger partial charge in [-0.2, -0.15) is 5.21 Å². The SMILES string of the molecule is C=CCNC(=O)c1ccc(-c2nn[nH]n2)cc1. The minimum absolute atomic E-state index is 0.135. The highest BCUT2D eigenvalue weighted by Gasteiger charge is 2.06. The van der Waals surface area contributed by atoms with Crippen LogP contribution in [0.2, 0.25) is 0 Å².